The molecule has 3 nitrogen and oxygen atoms in total. The summed E-state index contributed by atoms with van der Waals surface area (Å²) < 4.78 is 7.67. The Morgan fingerprint density at radius 3 is 1.45 bits per heavy atom. The molecule has 0 aliphatic carbocycles. The largest absolute Gasteiger partial charge is 0.310 e. The number of anilines is 6. The van der Waals surface area contributed by atoms with Gasteiger partial charge in [-0.15, -0.1) is 22.7 Å². The van der Waals surface area contributed by atoms with Gasteiger partial charge < -0.3 is 14.2 Å². The van der Waals surface area contributed by atoms with Gasteiger partial charge in [-0.3, -0.25) is 0 Å². The van der Waals surface area contributed by atoms with Crippen LogP contribution in [0.3, 0.4) is 0 Å². The maximum absolute atomic E-state index is 2.50. The maximum atomic E-state index is 2.50. The van der Waals surface area contributed by atoms with E-state index < -0.39 is 0 Å². The molecule has 0 unspecified atom stereocenters. The van der Waals surface area contributed by atoms with Crippen LogP contribution in [0.1, 0.15) is 0 Å². The number of benzene rings is 11. The average Bonchev–Trinajstić information content (AvgIpc) is 4.09. The summed E-state index contributed by atoms with van der Waals surface area (Å²) in [5.74, 6) is 0. The van der Waals surface area contributed by atoms with Crippen molar-refractivity contribution in [2.24, 2.45) is 0 Å². The van der Waals surface area contributed by atoms with Crippen LogP contribution < -0.4 is 9.80 Å². The first-order valence-electron chi connectivity index (χ1n) is 23.5. The molecule has 0 amide bonds. The fourth-order valence-electron chi connectivity index (χ4n) is 11.2. The van der Waals surface area contributed by atoms with E-state index in [1.807, 2.05) is 22.7 Å². The third kappa shape index (κ3) is 5.91. The lowest BCUT2D eigenvalue weighted by atomic mass is 9.97. The highest BCUT2D eigenvalue weighted by molar-refractivity contribution is 7.26. The molecule has 322 valence electrons. The fraction of sp³-hybridized carbons (Fsp3) is 0. The molecule has 0 spiro atoms. The van der Waals surface area contributed by atoms with Crippen molar-refractivity contribution in [1.29, 1.82) is 0 Å². The van der Waals surface area contributed by atoms with E-state index in [0.717, 1.165) is 45.3 Å². The molecule has 0 aliphatic heterocycles. The molecule has 5 heteroatoms. The zero-order valence-corrected chi connectivity index (χ0v) is 38.8. The smallest absolute Gasteiger partial charge is 0.0625 e. The van der Waals surface area contributed by atoms with Gasteiger partial charge in [0.2, 0.25) is 0 Å². The van der Waals surface area contributed by atoms with Crippen molar-refractivity contribution in [3.8, 4) is 11.1 Å². The number of pyridine rings is 1. The van der Waals surface area contributed by atoms with Gasteiger partial charge in [-0.1, -0.05) is 127 Å². The van der Waals surface area contributed by atoms with Crippen molar-refractivity contribution in [3.63, 3.8) is 0 Å². The highest BCUT2D eigenvalue weighted by Gasteiger charge is 2.23. The lowest BCUT2D eigenvalue weighted by Gasteiger charge is -2.30. The molecule has 0 saturated heterocycles. The number of hydrogen-bond donors (Lipinski definition) is 0. The number of fused-ring (bicyclic) bond motifs is 12. The standard InChI is InChI=1S/C64H39N3S2/c1-3-15-43(16-4-1)65(45-28-32-61-55(38-45)50-20-8-11-24-59(50)68-61)47-34-42(35-48(37-47)66(44-17-5-2-6-18-44)46-29-33-62-56(39-46)51-21-9-12-25-60(51)69-62)41-27-31-58-54(36-41)53-30-26-40-14-13-22-52-49-19-7-10-23-57(49)67(58)64(53)63(40)52/h1-39H. The minimum atomic E-state index is 1.07. The van der Waals surface area contributed by atoms with Gasteiger partial charge in [0.1, 0.15) is 0 Å². The maximum Gasteiger partial charge on any atom is 0.0625 e. The van der Waals surface area contributed by atoms with Crippen LogP contribution in [0, 0.1) is 0 Å². The molecule has 15 rings (SSSR count). The third-order valence-electron chi connectivity index (χ3n) is 14.2. The number of rotatable bonds is 7. The summed E-state index contributed by atoms with van der Waals surface area (Å²) in [4.78, 5) is 4.88. The molecule has 11 aromatic carbocycles. The Balaban J connectivity index is 1.01. The van der Waals surface area contributed by atoms with Crippen LogP contribution in [0.2, 0.25) is 0 Å². The molecule has 15 aromatic rings. The lowest BCUT2D eigenvalue weighted by Crippen LogP contribution is -2.13. The number of para-hydroxylation sites is 3. The topological polar surface area (TPSA) is 10.9 Å². The highest BCUT2D eigenvalue weighted by atomic mass is 32.1. The second kappa shape index (κ2) is 15.0. The van der Waals surface area contributed by atoms with E-state index in [4.69, 9.17) is 0 Å². The van der Waals surface area contributed by atoms with Crippen molar-refractivity contribution in [1.82, 2.24) is 4.40 Å². The van der Waals surface area contributed by atoms with E-state index in [1.54, 1.807) is 0 Å². The molecule has 4 heterocycles. The average molecular weight is 914 g/mol. The SMILES string of the molecule is c1ccc(N(c2cc(-c3ccc4c(c3)c3ccc5cccc6c7ccccc7n4c3c56)cc(N(c3ccccc3)c3ccc4sc5ccccc5c4c3)c2)c2ccc3sc4ccccc4c3c2)cc1. The Hall–Kier alpha value is -8.48. The summed E-state index contributed by atoms with van der Waals surface area (Å²) >= 11 is 3.71. The van der Waals surface area contributed by atoms with E-state index in [2.05, 4.69) is 251 Å². The first-order chi connectivity index (χ1) is 34.2. The van der Waals surface area contributed by atoms with E-state index in [0.29, 0.717) is 0 Å². The van der Waals surface area contributed by atoms with E-state index in [-0.39, 0.29) is 0 Å². The van der Waals surface area contributed by atoms with E-state index >= 15 is 0 Å². The van der Waals surface area contributed by atoms with Gasteiger partial charge in [-0.25, -0.2) is 0 Å². The van der Waals surface area contributed by atoms with E-state index in [1.165, 1.54) is 89.2 Å². The summed E-state index contributed by atoms with van der Waals surface area (Å²) in [5, 5.41) is 12.8. The monoisotopic (exact) mass is 913 g/mol. The summed E-state index contributed by atoms with van der Waals surface area (Å²) in [6.45, 7) is 0. The summed E-state index contributed by atoms with van der Waals surface area (Å²) in [5.41, 5.74) is 12.5. The predicted molar refractivity (Wildman–Crippen MR) is 299 cm³/mol. The van der Waals surface area contributed by atoms with Crippen molar-refractivity contribution in [2.45, 2.75) is 0 Å². The molecule has 0 fully saturated rings. The quantitative estimate of drug-likeness (QED) is 0.117. The van der Waals surface area contributed by atoms with Crippen molar-refractivity contribution in [3.05, 3.63) is 237 Å². The minimum Gasteiger partial charge on any atom is -0.310 e. The first-order valence-corrected chi connectivity index (χ1v) is 25.1. The van der Waals surface area contributed by atoms with Crippen LogP contribution in [0.4, 0.5) is 34.1 Å². The van der Waals surface area contributed by atoms with Crippen molar-refractivity contribution in [2.75, 3.05) is 9.80 Å². The number of nitrogens with zero attached hydrogens (tertiary/aromatic N) is 3. The molecule has 4 aromatic heterocycles. The predicted octanol–water partition coefficient (Wildman–Crippen LogP) is 19.3. The zero-order chi connectivity index (χ0) is 45.2. The van der Waals surface area contributed by atoms with E-state index in [9.17, 15) is 0 Å². The van der Waals surface area contributed by atoms with Crippen LogP contribution in [-0.4, -0.2) is 4.40 Å². The van der Waals surface area contributed by atoms with Gasteiger partial charge in [0.15, 0.2) is 0 Å². The van der Waals surface area contributed by atoms with Crippen LogP contribution in [-0.2, 0) is 0 Å². The van der Waals surface area contributed by atoms with Crippen LogP contribution in [0.25, 0.3) is 100 Å². The molecule has 69 heavy (non-hydrogen) atoms. The van der Waals surface area contributed by atoms with Gasteiger partial charge in [-0.05, 0) is 131 Å². The van der Waals surface area contributed by atoms with Crippen LogP contribution in [0.5, 0.6) is 0 Å². The Kier molecular flexibility index (Phi) is 8.40. The normalized spacial score (nSPS) is 12.1. The Morgan fingerprint density at radius 1 is 0.275 bits per heavy atom. The molecular weight excluding hydrogens is 875 g/mol. The molecular formula is C64H39N3S2. The van der Waals surface area contributed by atoms with Crippen molar-refractivity contribution < 1.29 is 0 Å². The Bertz CT molecular complexity index is 4320. The van der Waals surface area contributed by atoms with Crippen LogP contribution in [0.15, 0.2) is 237 Å². The number of aromatic nitrogens is 1. The number of thiophene rings is 2. The molecule has 0 saturated carbocycles. The van der Waals surface area contributed by atoms with Gasteiger partial charge in [0.05, 0.1) is 16.6 Å². The number of hydrogen-bond acceptors (Lipinski definition) is 4. The second-order valence-corrected chi connectivity index (χ2v) is 20.3. The van der Waals surface area contributed by atoms with Gasteiger partial charge in [-0.2, -0.15) is 0 Å². The van der Waals surface area contributed by atoms with Gasteiger partial charge in [0.25, 0.3) is 0 Å². The molecule has 0 atom stereocenters. The minimum absolute atomic E-state index is 1.07. The summed E-state index contributed by atoms with van der Waals surface area (Å²) in [6.07, 6.45) is 0. The first kappa shape index (κ1) is 38.6. The molecule has 0 radical (unpaired) electrons. The second-order valence-electron chi connectivity index (χ2n) is 18.1. The third-order valence-corrected chi connectivity index (χ3v) is 16.5. The molecule has 0 bridgehead atoms. The summed E-state index contributed by atoms with van der Waals surface area (Å²) in [7, 11) is 0. The Morgan fingerprint density at radius 2 is 0.812 bits per heavy atom. The molecule has 0 aliphatic rings. The lowest BCUT2D eigenvalue weighted by molar-refractivity contribution is 1.25. The Labute approximate surface area is 405 Å². The fourth-order valence-corrected chi connectivity index (χ4v) is 13.4. The summed E-state index contributed by atoms with van der Waals surface area (Å²) in [6, 6.07) is 87.8. The van der Waals surface area contributed by atoms with Gasteiger partial charge >= 0.3 is 0 Å². The highest BCUT2D eigenvalue weighted by Crippen LogP contribution is 2.48. The van der Waals surface area contributed by atoms with Crippen molar-refractivity contribution >= 4 is 146 Å². The molecule has 0 N–H and O–H groups in total. The van der Waals surface area contributed by atoms with Gasteiger partial charge in [0, 0.05) is 96.0 Å². The van der Waals surface area contributed by atoms with Crippen LogP contribution >= 0.6 is 22.7 Å². The zero-order valence-electron chi connectivity index (χ0n) is 37.2.